The Morgan fingerprint density at radius 3 is 2.68 bits per heavy atom. The summed E-state index contributed by atoms with van der Waals surface area (Å²) in [6.07, 6.45) is 1.96. The minimum absolute atomic E-state index is 0.0829. The molecule has 4 nitrogen and oxygen atoms in total. The van der Waals surface area contributed by atoms with E-state index in [9.17, 15) is 4.79 Å². The number of amides is 1. The topological polar surface area (TPSA) is 34.5 Å². The van der Waals surface area contributed by atoms with Gasteiger partial charge in [-0.2, -0.15) is 0 Å². The molecule has 25 heavy (non-hydrogen) atoms. The first-order valence-corrected chi connectivity index (χ1v) is 8.71. The smallest absolute Gasteiger partial charge is 0.246 e. The van der Waals surface area contributed by atoms with Crippen molar-refractivity contribution in [2.45, 2.75) is 27.3 Å². The number of carbonyl (C=O) groups is 1. The van der Waals surface area contributed by atoms with Crippen LogP contribution < -0.4 is 9.64 Å². The van der Waals surface area contributed by atoms with Gasteiger partial charge >= 0.3 is 0 Å². The summed E-state index contributed by atoms with van der Waals surface area (Å²) < 4.78 is 7.54. The maximum absolute atomic E-state index is 12.8. The van der Waals surface area contributed by atoms with Crippen molar-refractivity contribution in [2.24, 2.45) is 0 Å². The van der Waals surface area contributed by atoms with Crippen LogP contribution in [-0.2, 0) is 11.3 Å². The quantitative estimate of drug-likeness (QED) is 0.668. The van der Waals surface area contributed by atoms with Gasteiger partial charge in [0.15, 0.2) is 0 Å². The molecule has 130 valence electrons. The molecule has 2 aromatic carbocycles. The molecule has 1 aromatic heterocycles. The second-order valence-corrected chi connectivity index (χ2v) is 6.07. The zero-order valence-electron chi connectivity index (χ0n) is 15.0. The first-order chi connectivity index (χ1) is 12.1. The van der Waals surface area contributed by atoms with Crippen molar-refractivity contribution in [3.63, 3.8) is 0 Å². The monoisotopic (exact) mass is 336 g/mol. The summed E-state index contributed by atoms with van der Waals surface area (Å²) in [5.74, 6) is 0.938. The van der Waals surface area contributed by atoms with Gasteiger partial charge in [0.1, 0.15) is 12.3 Å². The predicted molar refractivity (Wildman–Crippen MR) is 102 cm³/mol. The van der Waals surface area contributed by atoms with Gasteiger partial charge in [0.25, 0.3) is 0 Å². The van der Waals surface area contributed by atoms with Crippen LogP contribution in [0.3, 0.4) is 0 Å². The van der Waals surface area contributed by atoms with Crippen LogP contribution in [0.1, 0.15) is 19.4 Å². The maximum atomic E-state index is 12.8. The van der Waals surface area contributed by atoms with Crippen LogP contribution in [0.4, 0.5) is 5.69 Å². The van der Waals surface area contributed by atoms with E-state index in [2.05, 4.69) is 0 Å². The highest BCUT2D eigenvalue weighted by atomic mass is 16.5. The SMILES string of the molecule is CCOc1ccc2c(ccn2CC(=O)N(CC)c2cccc(C)c2)c1. The minimum Gasteiger partial charge on any atom is -0.494 e. The van der Waals surface area contributed by atoms with E-state index in [-0.39, 0.29) is 5.91 Å². The Hall–Kier alpha value is -2.75. The van der Waals surface area contributed by atoms with E-state index >= 15 is 0 Å². The number of aryl methyl sites for hydroxylation is 1. The molecule has 0 saturated carbocycles. The van der Waals surface area contributed by atoms with Gasteiger partial charge < -0.3 is 14.2 Å². The highest BCUT2D eigenvalue weighted by Gasteiger charge is 2.15. The van der Waals surface area contributed by atoms with Crippen LogP contribution in [-0.4, -0.2) is 23.6 Å². The van der Waals surface area contributed by atoms with E-state index in [1.807, 2.05) is 85.0 Å². The van der Waals surface area contributed by atoms with Gasteiger partial charge in [-0.1, -0.05) is 12.1 Å². The van der Waals surface area contributed by atoms with Gasteiger partial charge in [-0.25, -0.2) is 0 Å². The zero-order chi connectivity index (χ0) is 17.8. The lowest BCUT2D eigenvalue weighted by Gasteiger charge is -2.22. The van der Waals surface area contributed by atoms with Gasteiger partial charge in [-0.3, -0.25) is 4.79 Å². The third-order valence-electron chi connectivity index (χ3n) is 4.29. The maximum Gasteiger partial charge on any atom is 0.246 e. The molecule has 0 saturated heterocycles. The van der Waals surface area contributed by atoms with Crippen molar-refractivity contribution < 1.29 is 9.53 Å². The van der Waals surface area contributed by atoms with E-state index in [1.165, 1.54) is 0 Å². The molecule has 0 spiro atoms. The van der Waals surface area contributed by atoms with Crippen molar-refractivity contribution in [3.8, 4) is 5.75 Å². The molecule has 0 radical (unpaired) electrons. The molecular weight excluding hydrogens is 312 g/mol. The Balaban J connectivity index is 1.83. The molecule has 0 fully saturated rings. The lowest BCUT2D eigenvalue weighted by molar-refractivity contribution is -0.119. The van der Waals surface area contributed by atoms with Gasteiger partial charge in [0.2, 0.25) is 5.91 Å². The Morgan fingerprint density at radius 1 is 1.12 bits per heavy atom. The first-order valence-electron chi connectivity index (χ1n) is 8.71. The Kier molecular flexibility index (Phi) is 5.08. The van der Waals surface area contributed by atoms with E-state index < -0.39 is 0 Å². The van der Waals surface area contributed by atoms with Crippen LogP contribution in [0.2, 0.25) is 0 Å². The Labute approximate surface area is 148 Å². The number of hydrogen-bond donors (Lipinski definition) is 0. The number of likely N-dealkylation sites (N-methyl/N-ethyl adjacent to an activating group) is 1. The van der Waals surface area contributed by atoms with Crippen LogP contribution in [0.15, 0.2) is 54.7 Å². The van der Waals surface area contributed by atoms with E-state index in [4.69, 9.17) is 4.74 Å². The summed E-state index contributed by atoms with van der Waals surface area (Å²) in [6, 6.07) is 16.0. The molecule has 0 aliphatic carbocycles. The molecule has 4 heteroatoms. The van der Waals surface area contributed by atoms with Gasteiger partial charge in [0.05, 0.1) is 6.61 Å². The molecule has 3 rings (SSSR count). The van der Waals surface area contributed by atoms with Crippen LogP contribution in [0.5, 0.6) is 5.75 Å². The van der Waals surface area contributed by atoms with Crippen molar-refractivity contribution in [2.75, 3.05) is 18.1 Å². The third-order valence-corrected chi connectivity index (χ3v) is 4.29. The Morgan fingerprint density at radius 2 is 1.96 bits per heavy atom. The molecule has 0 aliphatic heterocycles. The second kappa shape index (κ2) is 7.43. The largest absolute Gasteiger partial charge is 0.494 e. The van der Waals surface area contributed by atoms with Crippen LogP contribution in [0, 0.1) is 6.92 Å². The van der Waals surface area contributed by atoms with Crippen LogP contribution in [0.25, 0.3) is 10.9 Å². The average molecular weight is 336 g/mol. The zero-order valence-corrected chi connectivity index (χ0v) is 15.0. The molecule has 0 unspecified atom stereocenters. The number of ether oxygens (including phenoxy) is 1. The van der Waals surface area contributed by atoms with Gasteiger partial charge in [-0.15, -0.1) is 0 Å². The molecule has 0 bridgehead atoms. The number of aromatic nitrogens is 1. The van der Waals surface area contributed by atoms with Crippen molar-refractivity contribution in [1.29, 1.82) is 0 Å². The molecule has 0 aliphatic rings. The highest BCUT2D eigenvalue weighted by molar-refractivity contribution is 5.94. The molecule has 1 heterocycles. The lowest BCUT2D eigenvalue weighted by atomic mass is 10.2. The van der Waals surface area contributed by atoms with Crippen molar-refractivity contribution in [1.82, 2.24) is 4.57 Å². The number of carbonyl (C=O) groups excluding carboxylic acids is 1. The van der Waals surface area contributed by atoms with Crippen molar-refractivity contribution >= 4 is 22.5 Å². The number of rotatable bonds is 6. The van der Waals surface area contributed by atoms with Gasteiger partial charge in [0, 0.05) is 29.3 Å². The standard InChI is InChI=1S/C21H24N2O2/c1-4-23(18-8-6-7-16(3)13-18)21(24)15-22-12-11-17-14-19(25-5-2)9-10-20(17)22/h6-14H,4-5,15H2,1-3H3. The number of hydrogen-bond acceptors (Lipinski definition) is 2. The summed E-state index contributed by atoms with van der Waals surface area (Å²) in [5.41, 5.74) is 3.14. The lowest BCUT2D eigenvalue weighted by Crippen LogP contribution is -2.33. The van der Waals surface area contributed by atoms with Crippen LogP contribution >= 0.6 is 0 Å². The number of benzene rings is 2. The third kappa shape index (κ3) is 3.68. The summed E-state index contributed by atoms with van der Waals surface area (Å²) in [7, 11) is 0. The van der Waals surface area contributed by atoms with E-state index in [1.54, 1.807) is 0 Å². The predicted octanol–water partition coefficient (Wildman–Crippen LogP) is 4.40. The fraction of sp³-hybridized carbons (Fsp3) is 0.286. The second-order valence-electron chi connectivity index (χ2n) is 6.07. The number of anilines is 1. The van der Waals surface area contributed by atoms with E-state index in [0.29, 0.717) is 19.7 Å². The molecule has 0 N–H and O–H groups in total. The van der Waals surface area contributed by atoms with Crippen molar-refractivity contribution in [3.05, 3.63) is 60.3 Å². The fourth-order valence-electron chi connectivity index (χ4n) is 3.10. The summed E-state index contributed by atoms with van der Waals surface area (Å²) in [4.78, 5) is 14.7. The molecule has 3 aromatic rings. The summed E-state index contributed by atoms with van der Waals surface area (Å²) in [6.45, 7) is 7.63. The molecule has 1 amide bonds. The number of fused-ring (bicyclic) bond motifs is 1. The molecular formula is C21H24N2O2. The normalized spacial score (nSPS) is 10.8. The fourth-order valence-corrected chi connectivity index (χ4v) is 3.10. The minimum atomic E-state index is 0.0829. The average Bonchev–Trinajstić information content (AvgIpc) is 2.98. The summed E-state index contributed by atoms with van der Waals surface area (Å²) in [5, 5.41) is 1.08. The summed E-state index contributed by atoms with van der Waals surface area (Å²) >= 11 is 0. The Bertz CT molecular complexity index is 882. The number of nitrogens with zero attached hydrogens (tertiary/aromatic N) is 2. The first kappa shape index (κ1) is 17.1. The molecule has 0 atom stereocenters. The van der Waals surface area contributed by atoms with E-state index in [0.717, 1.165) is 27.9 Å². The highest BCUT2D eigenvalue weighted by Crippen LogP contribution is 2.23. The van der Waals surface area contributed by atoms with Gasteiger partial charge in [-0.05, 0) is 62.7 Å².